The molecular weight excluding hydrogens is 494 g/mol. The van der Waals surface area contributed by atoms with Crippen LogP contribution >= 0.6 is 15.9 Å². The quantitative estimate of drug-likeness (QED) is 0.489. The van der Waals surface area contributed by atoms with Crippen LogP contribution < -0.4 is 14.8 Å². The summed E-state index contributed by atoms with van der Waals surface area (Å²) in [5.74, 6) is 3.29. The molecule has 0 unspecified atom stereocenters. The lowest BCUT2D eigenvalue weighted by Crippen LogP contribution is -2.42. The molecule has 0 saturated heterocycles. The molecule has 3 aliphatic rings. The molecule has 0 atom stereocenters. The molecule has 0 fully saturated rings. The smallest absolute Gasteiger partial charge is 0.176 e. The van der Waals surface area contributed by atoms with E-state index in [1.807, 2.05) is 19.1 Å². The van der Waals surface area contributed by atoms with Crippen molar-refractivity contribution >= 4 is 27.5 Å². The van der Waals surface area contributed by atoms with Crippen molar-refractivity contribution in [2.75, 3.05) is 13.2 Å². The maximum absolute atomic E-state index is 13.5. The zero-order chi connectivity index (χ0) is 24.8. The Bertz CT molecular complexity index is 1110. The van der Waals surface area contributed by atoms with Crippen LogP contribution in [0.5, 0.6) is 11.5 Å². The highest BCUT2D eigenvalue weighted by molar-refractivity contribution is 9.10. The van der Waals surface area contributed by atoms with Gasteiger partial charge < -0.3 is 14.8 Å². The molecular formula is C28H32BrNO4. The van der Waals surface area contributed by atoms with E-state index >= 15 is 0 Å². The summed E-state index contributed by atoms with van der Waals surface area (Å²) in [6, 6.07) is 3.82. The molecule has 0 aromatic heterocycles. The van der Waals surface area contributed by atoms with E-state index in [2.05, 4.69) is 54.9 Å². The number of ether oxygens (including phenoxy) is 2. The van der Waals surface area contributed by atoms with Gasteiger partial charge in [0.15, 0.2) is 23.1 Å². The topological polar surface area (TPSA) is 64.6 Å². The van der Waals surface area contributed by atoms with E-state index in [1.165, 1.54) is 0 Å². The Morgan fingerprint density at radius 1 is 1.00 bits per heavy atom. The Balaban J connectivity index is 1.92. The van der Waals surface area contributed by atoms with Gasteiger partial charge in [0, 0.05) is 41.3 Å². The summed E-state index contributed by atoms with van der Waals surface area (Å²) in [6.45, 7) is 10.9. The van der Waals surface area contributed by atoms with Crippen molar-refractivity contribution < 1.29 is 19.1 Å². The van der Waals surface area contributed by atoms with Gasteiger partial charge in [0.05, 0.1) is 11.1 Å². The monoisotopic (exact) mass is 525 g/mol. The average molecular weight is 526 g/mol. The van der Waals surface area contributed by atoms with Crippen molar-refractivity contribution in [1.82, 2.24) is 5.32 Å². The number of halogens is 1. The van der Waals surface area contributed by atoms with Gasteiger partial charge in [-0.2, -0.15) is 0 Å². The van der Waals surface area contributed by atoms with Gasteiger partial charge in [-0.15, -0.1) is 6.42 Å². The van der Waals surface area contributed by atoms with E-state index in [1.54, 1.807) is 0 Å². The first kappa shape index (κ1) is 24.6. The summed E-state index contributed by atoms with van der Waals surface area (Å²) >= 11 is 3.62. The Morgan fingerprint density at radius 2 is 1.56 bits per heavy atom. The third-order valence-corrected chi connectivity index (χ3v) is 7.27. The fourth-order valence-electron chi connectivity index (χ4n) is 5.49. The largest absolute Gasteiger partial charge is 0.490 e. The molecule has 1 aromatic carbocycles. The van der Waals surface area contributed by atoms with Crippen molar-refractivity contribution in [3.8, 4) is 23.8 Å². The van der Waals surface area contributed by atoms with Crippen molar-refractivity contribution in [3.05, 3.63) is 44.7 Å². The molecule has 2 aliphatic carbocycles. The predicted octanol–water partition coefficient (Wildman–Crippen LogP) is 5.83. The molecule has 0 spiro atoms. The normalized spacial score (nSPS) is 21.4. The number of nitrogens with one attached hydrogen (secondary N) is 1. The SMILES string of the molecule is C#CCOc1c(Br)cc(C2C3=C(CC(C)(C)CC3=O)NC3=C2C(=O)CC(C)(C)C3)cc1OCC. The molecule has 6 heteroatoms. The van der Waals surface area contributed by atoms with E-state index in [0.717, 1.165) is 29.8 Å². The highest BCUT2D eigenvalue weighted by Crippen LogP contribution is 2.52. The van der Waals surface area contributed by atoms with Crippen molar-refractivity contribution in [1.29, 1.82) is 0 Å². The third kappa shape index (κ3) is 4.55. The van der Waals surface area contributed by atoms with Crippen LogP contribution in [-0.4, -0.2) is 24.8 Å². The van der Waals surface area contributed by atoms with E-state index < -0.39 is 5.92 Å². The van der Waals surface area contributed by atoms with Gasteiger partial charge in [-0.3, -0.25) is 9.59 Å². The van der Waals surface area contributed by atoms with Crippen molar-refractivity contribution in [2.24, 2.45) is 10.8 Å². The number of benzene rings is 1. The standard InChI is InChI=1S/C28H32BrNO4/c1-7-9-34-26-17(29)10-16(11-22(26)33-8-2)23-24-18(12-27(3,4)14-20(24)31)30-19-13-28(5,6)15-21(32)25(19)23/h1,10-11,23,30H,8-9,12-15H2,2-6H3. The molecule has 0 saturated carbocycles. The van der Waals surface area contributed by atoms with Gasteiger partial charge in [0.2, 0.25) is 0 Å². The molecule has 0 bridgehead atoms. The lowest BCUT2D eigenvalue weighted by atomic mass is 9.64. The highest BCUT2D eigenvalue weighted by atomic mass is 79.9. The van der Waals surface area contributed by atoms with Crippen LogP contribution in [0, 0.1) is 23.2 Å². The molecule has 5 nitrogen and oxygen atoms in total. The molecule has 34 heavy (non-hydrogen) atoms. The van der Waals surface area contributed by atoms with Crippen LogP contribution in [0.15, 0.2) is 39.1 Å². The number of hydrogen-bond acceptors (Lipinski definition) is 5. The number of allylic oxidation sites excluding steroid dienone is 4. The minimum absolute atomic E-state index is 0.0923. The van der Waals surface area contributed by atoms with Crippen LogP contribution in [-0.2, 0) is 9.59 Å². The average Bonchev–Trinajstić information content (AvgIpc) is 2.70. The molecule has 1 aliphatic heterocycles. The summed E-state index contributed by atoms with van der Waals surface area (Å²) in [7, 11) is 0. The number of carbonyl (C=O) groups excluding carboxylic acids is 2. The number of carbonyl (C=O) groups is 2. The fraction of sp³-hybridized carbons (Fsp3) is 0.500. The number of hydrogen-bond donors (Lipinski definition) is 1. The van der Waals surface area contributed by atoms with E-state index in [-0.39, 0.29) is 29.0 Å². The fourth-order valence-corrected chi connectivity index (χ4v) is 6.07. The lowest BCUT2D eigenvalue weighted by Gasteiger charge is -2.44. The maximum Gasteiger partial charge on any atom is 0.176 e. The molecule has 1 N–H and O–H groups in total. The minimum atomic E-state index is -0.435. The predicted molar refractivity (Wildman–Crippen MR) is 136 cm³/mol. The number of terminal acetylenes is 1. The summed E-state index contributed by atoms with van der Waals surface area (Å²) in [6.07, 6.45) is 7.83. The van der Waals surface area contributed by atoms with E-state index in [0.29, 0.717) is 46.6 Å². The van der Waals surface area contributed by atoms with Gasteiger partial charge in [0.25, 0.3) is 0 Å². The van der Waals surface area contributed by atoms with Crippen LogP contribution in [0.1, 0.15) is 71.8 Å². The molecule has 1 heterocycles. The van der Waals surface area contributed by atoms with Gasteiger partial charge in [-0.05, 0) is 64.2 Å². The second kappa shape index (κ2) is 8.92. The highest BCUT2D eigenvalue weighted by Gasteiger charge is 2.46. The Hall–Kier alpha value is -2.52. The minimum Gasteiger partial charge on any atom is -0.490 e. The lowest BCUT2D eigenvalue weighted by molar-refractivity contribution is -0.119. The zero-order valence-corrected chi connectivity index (χ0v) is 22.1. The Kier molecular flexibility index (Phi) is 6.46. The summed E-state index contributed by atoms with van der Waals surface area (Å²) in [5.41, 5.74) is 3.86. The second-order valence-electron chi connectivity index (χ2n) is 11.0. The first-order valence-electron chi connectivity index (χ1n) is 11.8. The summed E-state index contributed by atoms with van der Waals surface area (Å²) in [5, 5.41) is 3.55. The van der Waals surface area contributed by atoms with Gasteiger partial charge in [-0.25, -0.2) is 0 Å². The van der Waals surface area contributed by atoms with Crippen LogP contribution in [0.25, 0.3) is 0 Å². The molecule has 180 valence electrons. The molecule has 0 amide bonds. The third-order valence-electron chi connectivity index (χ3n) is 6.68. The number of ketones is 2. The van der Waals surface area contributed by atoms with E-state index in [9.17, 15) is 9.59 Å². The Morgan fingerprint density at radius 3 is 2.06 bits per heavy atom. The summed E-state index contributed by atoms with van der Waals surface area (Å²) in [4.78, 5) is 27.0. The van der Waals surface area contributed by atoms with Gasteiger partial charge in [-0.1, -0.05) is 33.6 Å². The zero-order valence-electron chi connectivity index (χ0n) is 20.6. The van der Waals surface area contributed by atoms with Crippen LogP contribution in [0.4, 0.5) is 0 Å². The van der Waals surface area contributed by atoms with Crippen LogP contribution in [0.3, 0.4) is 0 Å². The molecule has 1 aromatic rings. The molecule has 4 rings (SSSR count). The summed E-state index contributed by atoms with van der Waals surface area (Å²) < 4.78 is 12.3. The first-order chi connectivity index (χ1) is 16.0. The van der Waals surface area contributed by atoms with E-state index in [4.69, 9.17) is 15.9 Å². The number of rotatable bonds is 5. The van der Waals surface area contributed by atoms with Crippen molar-refractivity contribution in [3.63, 3.8) is 0 Å². The van der Waals surface area contributed by atoms with Crippen LogP contribution in [0.2, 0.25) is 0 Å². The van der Waals surface area contributed by atoms with Gasteiger partial charge >= 0.3 is 0 Å². The second-order valence-corrected chi connectivity index (χ2v) is 11.8. The Labute approximate surface area is 210 Å². The number of dihydropyridines is 1. The molecule has 0 radical (unpaired) electrons. The van der Waals surface area contributed by atoms with Crippen molar-refractivity contribution in [2.45, 2.75) is 66.2 Å². The van der Waals surface area contributed by atoms with Gasteiger partial charge in [0.1, 0.15) is 6.61 Å². The number of Topliss-reactive ketones (excluding diaryl/α,β-unsaturated/α-hetero) is 2. The first-order valence-corrected chi connectivity index (χ1v) is 12.6. The maximum atomic E-state index is 13.5.